The number of hydrogen-bond acceptors (Lipinski definition) is 3. The van der Waals surface area contributed by atoms with Gasteiger partial charge in [0.15, 0.2) is 11.6 Å². The first-order chi connectivity index (χ1) is 8.17. The molecule has 1 aromatic carbocycles. The first-order valence-corrected chi connectivity index (χ1v) is 5.15. The summed E-state index contributed by atoms with van der Waals surface area (Å²) in [4.78, 5) is 11.0. The van der Waals surface area contributed by atoms with Crippen LogP contribution in [-0.2, 0) is 9.53 Å². The van der Waals surface area contributed by atoms with Crippen molar-refractivity contribution in [2.75, 3.05) is 13.7 Å². The maximum atomic E-state index is 13.1. The van der Waals surface area contributed by atoms with E-state index in [-0.39, 0.29) is 18.1 Å². The highest BCUT2D eigenvalue weighted by atomic mass is 19.1. The third-order valence-corrected chi connectivity index (χ3v) is 1.92. The molecule has 1 rings (SSSR count). The van der Waals surface area contributed by atoms with Crippen LogP contribution in [-0.4, -0.2) is 19.7 Å². The van der Waals surface area contributed by atoms with E-state index in [1.807, 2.05) is 0 Å². The van der Waals surface area contributed by atoms with Crippen LogP contribution in [0, 0.1) is 17.7 Å². The van der Waals surface area contributed by atoms with Gasteiger partial charge in [0, 0.05) is 5.56 Å². The molecule has 3 nitrogen and oxygen atoms in total. The third-order valence-electron chi connectivity index (χ3n) is 1.92. The molecule has 0 aliphatic rings. The number of carbonyl (C=O) groups is 1. The minimum absolute atomic E-state index is 0.0214. The average Bonchev–Trinajstić information content (AvgIpc) is 2.31. The Morgan fingerprint density at radius 2 is 2.24 bits per heavy atom. The molecule has 0 aliphatic heterocycles. The minimum atomic E-state index is -0.441. The van der Waals surface area contributed by atoms with E-state index in [2.05, 4.69) is 11.8 Å². The summed E-state index contributed by atoms with van der Waals surface area (Å²) in [6.07, 6.45) is 0.0214. The second-order valence-electron chi connectivity index (χ2n) is 3.13. The summed E-state index contributed by atoms with van der Waals surface area (Å²) in [7, 11) is 1.38. The van der Waals surface area contributed by atoms with Crippen molar-refractivity contribution in [2.24, 2.45) is 0 Å². The van der Waals surface area contributed by atoms with Crippen LogP contribution in [0.4, 0.5) is 4.39 Å². The lowest BCUT2D eigenvalue weighted by molar-refractivity contribution is -0.141. The fourth-order valence-corrected chi connectivity index (χ4v) is 1.17. The Morgan fingerprint density at radius 3 is 2.88 bits per heavy atom. The lowest BCUT2D eigenvalue weighted by Gasteiger charge is -2.00. The van der Waals surface area contributed by atoms with Crippen LogP contribution in [0.3, 0.4) is 0 Å². The SMILES string of the molecule is CCOC(=O)CC#Cc1ccc(F)c(OC)c1. The number of halogens is 1. The monoisotopic (exact) mass is 236 g/mol. The smallest absolute Gasteiger partial charge is 0.317 e. The van der Waals surface area contributed by atoms with Gasteiger partial charge in [0.1, 0.15) is 6.42 Å². The molecule has 90 valence electrons. The van der Waals surface area contributed by atoms with Gasteiger partial charge in [0.2, 0.25) is 0 Å². The van der Waals surface area contributed by atoms with Crippen molar-refractivity contribution in [1.82, 2.24) is 0 Å². The molecule has 0 aromatic heterocycles. The van der Waals surface area contributed by atoms with E-state index in [1.165, 1.54) is 25.3 Å². The molecule has 0 heterocycles. The van der Waals surface area contributed by atoms with E-state index >= 15 is 0 Å². The maximum Gasteiger partial charge on any atom is 0.317 e. The van der Waals surface area contributed by atoms with Crippen LogP contribution < -0.4 is 4.74 Å². The Morgan fingerprint density at radius 1 is 1.47 bits per heavy atom. The van der Waals surface area contributed by atoms with Crippen molar-refractivity contribution in [3.8, 4) is 17.6 Å². The summed E-state index contributed by atoms with van der Waals surface area (Å²) in [5.41, 5.74) is 0.590. The summed E-state index contributed by atoms with van der Waals surface area (Å²) in [6.45, 7) is 2.07. The number of benzene rings is 1. The maximum absolute atomic E-state index is 13.1. The van der Waals surface area contributed by atoms with Crippen molar-refractivity contribution in [3.05, 3.63) is 29.6 Å². The molecule has 0 bridgehead atoms. The van der Waals surface area contributed by atoms with Gasteiger partial charge in [-0.05, 0) is 25.1 Å². The van der Waals surface area contributed by atoms with E-state index in [9.17, 15) is 9.18 Å². The van der Waals surface area contributed by atoms with Gasteiger partial charge in [-0.2, -0.15) is 0 Å². The highest BCUT2D eigenvalue weighted by Gasteiger charge is 2.01. The molecular formula is C13H13FO3. The zero-order chi connectivity index (χ0) is 12.7. The molecule has 0 unspecified atom stereocenters. The number of hydrogen-bond donors (Lipinski definition) is 0. The van der Waals surface area contributed by atoms with Crippen molar-refractivity contribution in [3.63, 3.8) is 0 Å². The molecule has 4 heteroatoms. The Kier molecular flexibility index (Phi) is 5.02. The first-order valence-electron chi connectivity index (χ1n) is 5.15. The zero-order valence-corrected chi connectivity index (χ0v) is 9.75. The third kappa shape index (κ3) is 4.15. The molecule has 0 spiro atoms. The Labute approximate surface area is 99.5 Å². The van der Waals surface area contributed by atoms with E-state index < -0.39 is 5.82 Å². The van der Waals surface area contributed by atoms with Gasteiger partial charge >= 0.3 is 5.97 Å². The summed E-state index contributed by atoms with van der Waals surface area (Å²) in [5, 5.41) is 0. The number of ether oxygens (including phenoxy) is 2. The number of esters is 1. The second-order valence-corrected chi connectivity index (χ2v) is 3.13. The highest BCUT2D eigenvalue weighted by molar-refractivity contribution is 5.72. The predicted molar refractivity (Wildman–Crippen MR) is 61.1 cm³/mol. The van der Waals surface area contributed by atoms with Crippen LogP contribution >= 0.6 is 0 Å². The molecular weight excluding hydrogens is 223 g/mol. The van der Waals surface area contributed by atoms with Crippen LogP contribution in [0.1, 0.15) is 18.9 Å². The standard InChI is InChI=1S/C13H13FO3/c1-3-17-13(15)6-4-5-10-7-8-11(14)12(9-10)16-2/h7-9H,3,6H2,1-2H3. The number of methoxy groups -OCH3 is 1. The largest absolute Gasteiger partial charge is 0.494 e. The summed E-state index contributed by atoms with van der Waals surface area (Å²) in [6, 6.07) is 4.27. The Hall–Kier alpha value is -2.02. The zero-order valence-electron chi connectivity index (χ0n) is 9.75. The van der Waals surface area contributed by atoms with Crippen LogP contribution in [0.15, 0.2) is 18.2 Å². The fourth-order valence-electron chi connectivity index (χ4n) is 1.17. The fraction of sp³-hybridized carbons (Fsp3) is 0.308. The summed E-state index contributed by atoms with van der Waals surface area (Å²) in [5.74, 6) is 4.72. The molecule has 0 aliphatic carbocycles. The molecule has 0 saturated heterocycles. The van der Waals surface area contributed by atoms with Crippen molar-refractivity contribution in [2.45, 2.75) is 13.3 Å². The van der Waals surface area contributed by atoms with Crippen molar-refractivity contribution in [1.29, 1.82) is 0 Å². The number of carbonyl (C=O) groups excluding carboxylic acids is 1. The topological polar surface area (TPSA) is 35.5 Å². The van der Waals surface area contributed by atoms with E-state index in [4.69, 9.17) is 9.47 Å². The first kappa shape index (κ1) is 13.0. The van der Waals surface area contributed by atoms with Crippen LogP contribution in [0.2, 0.25) is 0 Å². The molecule has 1 aromatic rings. The quantitative estimate of drug-likeness (QED) is 0.595. The molecule has 0 radical (unpaired) electrons. The van der Waals surface area contributed by atoms with E-state index in [1.54, 1.807) is 6.92 Å². The van der Waals surface area contributed by atoms with Gasteiger partial charge in [-0.1, -0.05) is 11.8 Å². The van der Waals surface area contributed by atoms with Gasteiger partial charge in [0.25, 0.3) is 0 Å². The van der Waals surface area contributed by atoms with Gasteiger partial charge in [-0.15, -0.1) is 0 Å². The van der Waals surface area contributed by atoms with Gasteiger partial charge in [-0.3, -0.25) is 4.79 Å². The number of rotatable bonds is 3. The van der Waals surface area contributed by atoms with E-state index in [0.29, 0.717) is 12.2 Å². The lowest BCUT2D eigenvalue weighted by Crippen LogP contribution is -2.01. The van der Waals surface area contributed by atoms with Gasteiger partial charge in [0.05, 0.1) is 13.7 Å². The molecule has 0 saturated carbocycles. The molecule has 0 atom stereocenters. The molecule has 0 amide bonds. The van der Waals surface area contributed by atoms with Crippen molar-refractivity contribution < 1.29 is 18.7 Å². The second kappa shape index (κ2) is 6.54. The lowest BCUT2D eigenvalue weighted by atomic mass is 10.2. The Bertz CT molecular complexity index is 457. The van der Waals surface area contributed by atoms with Crippen LogP contribution in [0.5, 0.6) is 5.75 Å². The van der Waals surface area contributed by atoms with Gasteiger partial charge < -0.3 is 9.47 Å². The highest BCUT2D eigenvalue weighted by Crippen LogP contribution is 2.17. The summed E-state index contributed by atoms with van der Waals surface area (Å²) < 4.78 is 22.6. The predicted octanol–water partition coefficient (Wildman–Crippen LogP) is 2.14. The molecule has 17 heavy (non-hydrogen) atoms. The van der Waals surface area contributed by atoms with Gasteiger partial charge in [-0.25, -0.2) is 4.39 Å². The molecule has 0 fully saturated rings. The molecule has 0 N–H and O–H groups in total. The van der Waals surface area contributed by atoms with Crippen molar-refractivity contribution >= 4 is 5.97 Å². The van der Waals surface area contributed by atoms with Crippen LogP contribution in [0.25, 0.3) is 0 Å². The Balaban J connectivity index is 2.69. The average molecular weight is 236 g/mol. The van der Waals surface area contributed by atoms with E-state index in [0.717, 1.165) is 0 Å². The summed E-state index contributed by atoms with van der Waals surface area (Å²) >= 11 is 0. The normalized spacial score (nSPS) is 9.12. The minimum Gasteiger partial charge on any atom is -0.494 e.